The van der Waals surface area contributed by atoms with Crippen molar-refractivity contribution < 1.29 is 28.2 Å². The minimum absolute atomic E-state index is 0.0504. The first kappa shape index (κ1) is 27.6. The summed E-state index contributed by atoms with van der Waals surface area (Å²) in [5.41, 5.74) is -0.0330. The number of nitrogens with one attached hydrogen (secondary N) is 2. The molecule has 0 bridgehead atoms. The molecule has 4 aromatic rings. The molecule has 0 aliphatic rings. The van der Waals surface area contributed by atoms with Crippen LogP contribution in [-0.2, 0) is 11.4 Å². The minimum atomic E-state index is -0.632. The minimum Gasteiger partial charge on any atom is -0.496 e. The lowest BCUT2D eigenvalue weighted by molar-refractivity contribution is -0.123. The number of Topliss-reactive ketones (excluding diaryl/α,β-unsaturated/α-hetero) is 1. The van der Waals surface area contributed by atoms with Crippen LogP contribution in [0.4, 0.5) is 4.39 Å². The molecule has 0 unspecified atom stereocenters. The molecular weight excluding hydrogens is 533 g/mol. The summed E-state index contributed by atoms with van der Waals surface area (Å²) in [6, 6.07) is 7.13. The molecule has 0 radical (unpaired) electrons. The molecule has 0 spiro atoms. The van der Waals surface area contributed by atoms with E-state index in [0.29, 0.717) is 6.54 Å². The maximum absolute atomic E-state index is 14.6. The zero-order chi connectivity index (χ0) is 28.3. The van der Waals surface area contributed by atoms with Crippen molar-refractivity contribution in [3.05, 3.63) is 68.7 Å². The lowest BCUT2D eigenvalue weighted by atomic mass is 10.2. The van der Waals surface area contributed by atoms with Gasteiger partial charge in [0.25, 0.3) is 5.91 Å². The van der Waals surface area contributed by atoms with Crippen molar-refractivity contribution in [2.24, 2.45) is 0 Å². The number of benzene rings is 2. The van der Waals surface area contributed by atoms with Crippen LogP contribution in [0.1, 0.15) is 35.7 Å². The Balaban J connectivity index is 1.84. The first-order valence-electron chi connectivity index (χ1n) is 11.8. The highest BCUT2D eigenvalue weighted by Crippen LogP contribution is 2.37. The van der Waals surface area contributed by atoms with Crippen LogP contribution in [0.25, 0.3) is 16.9 Å². The third-order valence-electron chi connectivity index (χ3n) is 5.64. The van der Waals surface area contributed by atoms with E-state index in [-0.39, 0.29) is 81.1 Å². The molecule has 2 heterocycles. The van der Waals surface area contributed by atoms with Gasteiger partial charge in [-0.25, -0.2) is 23.7 Å². The molecule has 0 atom stereocenters. The standard InChI is InChI=1S/C26H25ClFN5O6/c1-5-29-22(35)12-39-20-9-16(27)18(10-21(20)38-11-15-17(28)7-6-8-19(15)37-4)33-25-24(32-26(33)36)23(13(2)34)30-14(3)31-25/h6-10H,5,11-12H2,1-4H3,(H,29,35)(H,32,36). The number of amides is 1. The number of methoxy groups -OCH3 is 1. The number of aryl methyl sites for hydroxylation is 1. The number of H-pyrrole nitrogens is 1. The second kappa shape index (κ2) is 11.5. The lowest BCUT2D eigenvalue weighted by Crippen LogP contribution is -2.28. The average Bonchev–Trinajstić information content (AvgIpc) is 3.21. The maximum Gasteiger partial charge on any atom is 0.332 e. The summed E-state index contributed by atoms with van der Waals surface area (Å²) in [6.45, 7) is 4.47. The summed E-state index contributed by atoms with van der Waals surface area (Å²) in [7, 11) is 1.40. The topological polar surface area (TPSA) is 137 Å². The second-order valence-electron chi connectivity index (χ2n) is 8.34. The highest BCUT2D eigenvalue weighted by atomic mass is 35.5. The van der Waals surface area contributed by atoms with E-state index in [4.69, 9.17) is 25.8 Å². The fourth-order valence-corrected chi connectivity index (χ4v) is 4.14. The number of carbonyl (C=O) groups excluding carboxylic acids is 2. The predicted molar refractivity (Wildman–Crippen MR) is 141 cm³/mol. The van der Waals surface area contributed by atoms with Crippen LogP contribution >= 0.6 is 11.6 Å². The van der Waals surface area contributed by atoms with Crippen molar-refractivity contribution in [1.82, 2.24) is 24.8 Å². The molecule has 2 N–H and O–H groups in total. The van der Waals surface area contributed by atoms with Gasteiger partial charge in [-0.2, -0.15) is 0 Å². The zero-order valence-electron chi connectivity index (χ0n) is 21.6. The predicted octanol–water partition coefficient (Wildman–Crippen LogP) is 3.51. The third kappa shape index (κ3) is 5.70. The number of nitrogens with zero attached hydrogens (tertiary/aromatic N) is 3. The average molecular weight is 558 g/mol. The van der Waals surface area contributed by atoms with Crippen LogP contribution in [0.15, 0.2) is 35.1 Å². The summed E-state index contributed by atoms with van der Waals surface area (Å²) >= 11 is 6.57. The molecule has 0 aliphatic carbocycles. The van der Waals surface area contributed by atoms with E-state index < -0.39 is 11.5 Å². The van der Waals surface area contributed by atoms with Gasteiger partial charge >= 0.3 is 5.69 Å². The molecule has 0 fully saturated rings. The number of likely N-dealkylation sites (N-methyl/N-ethyl adjacent to an activating group) is 1. The zero-order valence-corrected chi connectivity index (χ0v) is 22.3. The largest absolute Gasteiger partial charge is 0.496 e. The Morgan fingerprint density at radius 3 is 2.59 bits per heavy atom. The van der Waals surface area contributed by atoms with Gasteiger partial charge < -0.3 is 24.5 Å². The Hall–Kier alpha value is -4.45. The van der Waals surface area contributed by atoms with Gasteiger partial charge in [-0.3, -0.25) is 9.59 Å². The van der Waals surface area contributed by atoms with Gasteiger partial charge in [0.2, 0.25) is 0 Å². The number of halogens is 2. The van der Waals surface area contributed by atoms with Gasteiger partial charge in [-0.05, 0) is 26.0 Å². The molecule has 204 valence electrons. The molecule has 0 aliphatic heterocycles. The number of fused-ring (bicyclic) bond motifs is 1. The molecule has 4 rings (SSSR count). The number of ether oxygens (including phenoxy) is 3. The molecular formula is C26H25ClFN5O6. The van der Waals surface area contributed by atoms with Crippen molar-refractivity contribution in [2.75, 3.05) is 20.3 Å². The van der Waals surface area contributed by atoms with Crippen LogP contribution in [0.5, 0.6) is 17.2 Å². The van der Waals surface area contributed by atoms with Crippen LogP contribution in [-0.4, -0.2) is 51.5 Å². The molecule has 0 saturated heterocycles. The highest BCUT2D eigenvalue weighted by molar-refractivity contribution is 6.32. The summed E-state index contributed by atoms with van der Waals surface area (Å²) in [4.78, 5) is 48.3. The van der Waals surface area contributed by atoms with Crippen molar-refractivity contribution in [1.29, 1.82) is 0 Å². The number of ketones is 1. The van der Waals surface area contributed by atoms with E-state index in [9.17, 15) is 18.8 Å². The van der Waals surface area contributed by atoms with Crippen LogP contribution in [0, 0.1) is 12.7 Å². The number of hydrogen-bond acceptors (Lipinski definition) is 8. The van der Waals surface area contributed by atoms with Crippen LogP contribution in [0.3, 0.4) is 0 Å². The van der Waals surface area contributed by atoms with E-state index in [1.165, 1.54) is 42.9 Å². The molecule has 39 heavy (non-hydrogen) atoms. The van der Waals surface area contributed by atoms with Gasteiger partial charge in [-0.15, -0.1) is 0 Å². The van der Waals surface area contributed by atoms with Crippen molar-refractivity contribution >= 4 is 34.5 Å². The Bertz CT molecular complexity index is 1630. The summed E-state index contributed by atoms with van der Waals surface area (Å²) in [5, 5.41) is 2.67. The lowest BCUT2D eigenvalue weighted by Gasteiger charge is -2.17. The van der Waals surface area contributed by atoms with Crippen molar-refractivity contribution in [3.8, 4) is 22.9 Å². The Morgan fingerprint density at radius 2 is 1.90 bits per heavy atom. The molecule has 1 amide bonds. The van der Waals surface area contributed by atoms with E-state index in [1.54, 1.807) is 19.9 Å². The summed E-state index contributed by atoms with van der Waals surface area (Å²) in [6.07, 6.45) is 0. The maximum atomic E-state index is 14.6. The smallest absolute Gasteiger partial charge is 0.332 e. The van der Waals surface area contributed by atoms with E-state index in [2.05, 4.69) is 20.3 Å². The van der Waals surface area contributed by atoms with Crippen molar-refractivity contribution in [3.63, 3.8) is 0 Å². The van der Waals surface area contributed by atoms with Gasteiger partial charge in [0.05, 0.1) is 23.4 Å². The molecule has 2 aromatic heterocycles. The number of aromatic amines is 1. The first-order chi connectivity index (χ1) is 18.6. The van der Waals surface area contributed by atoms with E-state index in [0.717, 1.165) is 0 Å². The van der Waals surface area contributed by atoms with Crippen molar-refractivity contribution in [2.45, 2.75) is 27.4 Å². The number of hydrogen-bond donors (Lipinski definition) is 2. The SMILES string of the molecule is CCNC(=O)COc1cc(Cl)c(-n2c(=O)[nH]c3c(C(C)=O)nc(C)nc32)cc1OCc1c(F)cccc1OC. The normalized spacial score (nSPS) is 10.9. The second-order valence-corrected chi connectivity index (χ2v) is 8.75. The quantitative estimate of drug-likeness (QED) is 0.283. The molecule has 2 aromatic carbocycles. The van der Waals surface area contributed by atoms with Crippen LogP contribution in [0.2, 0.25) is 5.02 Å². The number of rotatable bonds is 10. The number of carbonyl (C=O) groups is 2. The van der Waals surface area contributed by atoms with Gasteiger partial charge in [0.15, 0.2) is 29.5 Å². The Kier molecular flexibility index (Phi) is 8.15. The van der Waals surface area contributed by atoms with E-state index in [1.807, 2.05) is 0 Å². The number of imidazole rings is 1. The first-order valence-corrected chi connectivity index (χ1v) is 12.2. The third-order valence-corrected chi connectivity index (χ3v) is 5.94. The fraction of sp³-hybridized carbons (Fsp3) is 0.269. The van der Waals surface area contributed by atoms with Gasteiger partial charge in [0, 0.05) is 25.6 Å². The number of aromatic nitrogens is 4. The monoisotopic (exact) mass is 557 g/mol. The van der Waals surface area contributed by atoms with Crippen LogP contribution < -0.4 is 25.2 Å². The van der Waals surface area contributed by atoms with Gasteiger partial charge in [0.1, 0.15) is 35.2 Å². The highest BCUT2D eigenvalue weighted by Gasteiger charge is 2.22. The Labute approximate surface area is 226 Å². The molecule has 0 saturated carbocycles. The van der Waals surface area contributed by atoms with E-state index >= 15 is 0 Å². The summed E-state index contributed by atoms with van der Waals surface area (Å²) in [5.74, 6) is -0.619. The fourth-order valence-electron chi connectivity index (χ4n) is 3.90. The van der Waals surface area contributed by atoms with Gasteiger partial charge in [-0.1, -0.05) is 17.7 Å². The Morgan fingerprint density at radius 1 is 1.15 bits per heavy atom. The molecule has 13 heteroatoms. The molecule has 11 nitrogen and oxygen atoms in total. The summed E-state index contributed by atoms with van der Waals surface area (Å²) < 4.78 is 32.5.